The molecule has 4 nitrogen and oxygen atoms in total. The average Bonchev–Trinajstić information content (AvgIpc) is 2.03. The predicted octanol–water partition coefficient (Wildman–Crippen LogP) is 0.831. The summed E-state index contributed by atoms with van der Waals surface area (Å²) in [5.74, 6) is 0.604. The van der Waals surface area contributed by atoms with E-state index in [4.69, 9.17) is 10.8 Å². The summed E-state index contributed by atoms with van der Waals surface area (Å²) in [6, 6.07) is 1.76. The number of nitrogens with one attached hydrogen (secondary N) is 1. The van der Waals surface area contributed by atoms with Gasteiger partial charge in [-0.25, -0.2) is 4.98 Å². The molecule has 0 bridgehead atoms. The number of rotatable bonds is 3. The summed E-state index contributed by atoms with van der Waals surface area (Å²) in [6.45, 7) is 0.524. The molecule has 66 valence electrons. The average molecular weight is 232 g/mol. The minimum absolute atomic E-state index is 0.0667. The molecule has 1 rings (SSSR count). The lowest BCUT2D eigenvalue weighted by Gasteiger charge is -2.05. The Bertz CT molecular complexity index is 267. The third-order valence-corrected chi connectivity index (χ3v) is 1.72. The number of aliphatic hydroxyl groups is 1. The van der Waals surface area contributed by atoms with Crippen LogP contribution in [0.1, 0.15) is 0 Å². The van der Waals surface area contributed by atoms with Gasteiger partial charge < -0.3 is 16.2 Å². The zero-order valence-corrected chi connectivity index (χ0v) is 8.00. The molecule has 0 radical (unpaired) electrons. The molecule has 0 aliphatic heterocycles. The van der Waals surface area contributed by atoms with Gasteiger partial charge in [-0.2, -0.15) is 0 Å². The van der Waals surface area contributed by atoms with Crippen molar-refractivity contribution in [3.8, 4) is 0 Å². The summed E-state index contributed by atoms with van der Waals surface area (Å²) in [7, 11) is 0. The number of hydrogen-bond acceptors (Lipinski definition) is 4. The topological polar surface area (TPSA) is 71.2 Å². The van der Waals surface area contributed by atoms with Gasteiger partial charge in [0.15, 0.2) is 0 Å². The third-order valence-electron chi connectivity index (χ3n) is 1.29. The van der Waals surface area contributed by atoms with E-state index in [1.54, 1.807) is 12.3 Å². The zero-order chi connectivity index (χ0) is 8.97. The van der Waals surface area contributed by atoms with Crippen LogP contribution in [0.2, 0.25) is 0 Å². The zero-order valence-electron chi connectivity index (χ0n) is 6.42. The number of halogens is 1. The Morgan fingerprint density at radius 3 is 3.00 bits per heavy atom. The van der Waals surface area contributed by atoms with Crippen LogP contribution in [0.5, 0.6) is 0 Å². The first-order valence-corrected chi connectivity index (χ1v) is 4.29. The molecule has 5 heteroatoms. The van der Waals surface area contributed by atoms with E-state index in [0.717, 1.165) is 4.47 Å². The number of nitrogens with two attached hydrogens (primary N) is 1. The molecule has 0 atom stereocenters. The summed E-state index contributed by atoms with van der Waals surface area (Å²) < 4.78 is 0.842. The number of hydrogen-bond donors (Lipinski definition) is 3. The van der Waals surface area contributed by atoms with Crippen LogP contribution < -0.4 is 11.1 Å². The van der Waals surface area contributed by atoms with Crippen molar-refractivity contribution in [2.75, 3.05) is 24.2 Å². The molecule has 1 aromatic heterocycles. The van der Waals surface area contributed by atoms with Gasteiger partial charge in [0.1, 0.15) is 5.82 Å². The van der Waals surface area contributed by atoms with Crippen LogP contribution in [0.15, 0.2) is 16.7 Å². The molecular formula is C7H10BrN3O. The van der Waals surface area contributed by atoms with Crippen molar-refractivity contribution in [3.05, 3.63) is 16.7 Å². The minimum Gasteiger partial charge on any atom is -0.396 e. The highest BCUT2D eigenvalue weighted by molar-refractivity contribution is 9.10. The van der Waals surface area contributed by atoms with Gasteiger partial charge in [-0.15, -0.1) is 0 Å². The summed E-state index contributed by atoms with van der Waals surface area (Å²) in [5.41, 5.74) is 6.19. The van der Waals surface area contributed by atoms with Gasteiger partial charge in [0.05, 0.1) is 12.3 Å². The van der Waals surface area contributed by atoms with Crippen molar-refractivity contribution < 1.29 is 5.11 Å². The molecule has 1 aromatic rings. The van der Waals surface area contributed by atoms with Crippen molar-refractivity contribution in [1.82, 2.24) is 4.98 Å². The molecule has 0 aliphatic rings. The fraction of sp³-hybridized carbons (Fsp3) is 0.286. The highest BCUT2D eigenvalue weighted by atomic mass is 79.9. The van der Waals surface area contributed by atoms with E-state index in [-0.39, 0.29) is 6.61 Å². The second-order valence-electron chi connectivity index (χ2n) is 2.24. The molecule has 0 fully saturated rings. The number of nitrogen functional groups attached to an aromatic ring is 1. The molecule has 12 heavy (non-hydrogen) atoms. The lowest BCUT2D eigenvalue weighted by molar-refractivity contribution is 0.311. The quantitative estimate of drug-likeness (QED) is 0.721. The Hall–Kier alpha value is -0.810. The maximum atomic E-state index is 8.53. The van der Waals surface area contributed by atoms with E-state index in [2.05, 4.69) is 26.2 Å². The fourth-order valence-electron chi connectivity index (χ4n) is 0.777. The molecule has 4 N–H and O–H groups in total. The van der Waals surface area contributed by atoms with Gasteiger partial charge >= 0.3 is 0 Å². The van der Waals surface area contributed by atoms with Crippen molar-refractivity contribution in [2.45, 2.75) is 0 Å². The van der Waals surface area contributed by atoms with E-state index >= 15 is 0 Å². The maximum absolute atomic E-state index is 8.53. The van der Waals surface area contributed by atoms with E-state index in [1.165, 1.54) is 0 Å². The number of nitrogens with zero attached hydrogens (tertiary/aromatic N) is 1. The van der Waals surface area contributed by atoms with E-state index in [0.29, 0.717) is 18.1 Å². The van der Waals surface area contributed by atoms with Crippen molar-refractivity contribution >= 4 is 27.4 Å². The molecule has 0 aliphatic carbocycles. The van der Waals surface area contributed by atoms with E-state index in [1.807, 2.05) is 0 Å². The van der Waals surface area contributed by atoms with Crippen LogP contribution in [-0.4, -0.2) is 23.2 Å². The number of anilines is 2. The van der Waals surface area contributed by atoms with Gasteiger partial charge in [-0.3, -0.25) is 0 Å². The van der Waals surface area contributed by atoms with Gasteiger partial charge in [0.25, 0.3) is 0 Å². The van der Waals surface area contributed by atoms with Crippen molar-refractivity contribution in [1.29, 1.82) is 0 Å². The highest BCUT2D eigenvalue weighted by Crippen LogP contribution is 2.19. The normalized spacial score (nSPS) is 9.83. The summed E-state index contributed by atoms with van der Waals surface area (Å²) >= 11 is 3.24. The largest absolute Gasteiger partial charge is 0.396 e. The van der Waals surface area contributed by atoms with Crippen molar-refractivity contribution in [3.63, 3.8) is 0 Å². The smallest absolute Gasteiger partial charge is 0.149 e. The SMILES string of the molecule is Nc1cc(Br)cnc1NCCO. The Kier molecular flexibility index (Phi) is 3.31. The molecule has 1 heterocycles. The van der Waals surface area contributed by atoms with Crippen LogP contribution in [0, 0.1) is 0 Å². The Morgan fingerprint density at radius 2 is 2.42 bits per heavy atom. The highest BCUT2D eigenvalue weighted by Gasteiger charge is 1.98. The van der Waals surface area contributed by atoms with Crippen LogP contribution in [0.25, 0.3) is 0 Å². The number of aliphatic hydroxyl groups excluding tert-OH is 1. The lowest BCUT2D eigenvalue weighted by Crippen LogP contribution is -2.08. The van der Waals surface area contributed by atoms with Gasteiger partial charge in [-0.05, 0) is 22.0 Å². The first-order valence-electron chi connectivity index (χ1n) is 3.50. The third kappa shape index (κ3) is 2.35. The first kappa shape index (κ1) is 9.28. The summed E-state index contributed by atoms with van der Waals surface area (Å²) in [5, 5.41) is 11.4. The second kappa shape index (κ2) is 4.27. The Balaban J connectivity index is 2.72. The Morgan fingerprint density at radius 1 is 1.67 bits per heavy atom. The predicted molar refractivity (Wildman–Crippen MR) is 51.9 cm³/mol. The van der Waals surface area contributed by atoms with Gasteiger partial charge in [0, 0.05) is 17.2 Å². The molecule has 0 spiro atoms. The monoisotopic (exact) mass is 231 g/mol. The molecule has 0 amide bonds. The molecule has 0 saturated carbocycles. The Labute approximate surface area is 78.9 Å². The molecule has 0 aromatic carbocycles. The minimum atomic E-state index is 0.0667. The fourth-order valence-corrected chi connectivity index (χ4v) is 1.13. The second-order valence-corrected chi connectivity index (χ2v) is 3.16. The molecule has 0 unspecified atom stereocenters. The van der Waals surface area contributed by atoms with Gasteiger partial charge in [0.2, 0.25) is 0 Å². The molecular weight excluding hydrogens is 222 g/mol. The van der Waals surface area contributed by atoms with E-state index in [9.17, 15) is 0 Å². The first-order chi connectivity index (χ1) is 5.74. The van der Waals surface area contributed by atoms with E-state index < -0.39 is 0 Å². The number of aromatic nitrogens is 1. The standard InChI is InChI=1S/C7H10BrN3O/c8-5-3-6(9)7(11-4-5)10-1-2-12/h3-4,12H,1-2,9H2,(H,10,11). The van der Waals surface area contributed by atoms with Crippen LogP contribution in [-0.2, 0) is 0 Å². The van der Waals surface area contributed by atoms with Crippen LogP contribution >= 0.6 is 15.9 Å². The maximum Gasteiger partial charge on any atom is 0.149 e. The summed E-state index contributed by atoms with van der Waals surface area (Å²) in [4.78, 5) is 4.02. The van der Waals surface area contributed by atoms with Crippen LogP contribution in [0.4, 0.5) is 11.5 Å². The van der Waals surface area contributed by atoms with Crippen LogP contribution in [0.3, 0.4) is 0 Å². The number of pyridine rings is 1. The lowest BCUT2D eigenvalue weighted by atomic mass is 10.4. The van der Waals surface area contributed by atoms with Crippen molar-refractivity contribution in [2.24, 2.45) is 0 Å². The molecule has 0 saturated heterocycles. The summed E-state index contributed by atoms with van der Waals surface area (Å²) in [6.07, 6.45) is 1.65. The van der Waals surface area contributed by atoms with Gasteiger partial charge in [-0.1, -0.05) is 0 Å².